The van der Waals surface area contributed by atoms with Gasteiger partial charge in [-0.2, -0.15) is 13.2 Å². The van der Waals surface area contributed by atoms with E-state index in [4.69, 9.17) is 0 Å². The van der Waals surface area contributed by atoms with Gasteiger partial charge in [0.25, 0.3) is 0 Å². The SMILES string of the molecule is FC(F)(F)CNCc1ccc2cc(Br)ccc2c1. The van der Waals surface area contributed by atoms with Crippen molar-refractivity contribution >= 4 is 26.7 Å². The van der Waals surface area contributed by atoms with Crippen LogP contribution in [0.15, 0.2) is 40.9 Å². The van der Waals surface area contributed by atoms with Crippen molar-refractivity contribution in [1.82, 2.24) is 5.32 Å². The minimum absolute atomic E-state index is 0.214. The van der Waals surface area contributed by atoms with Gasteiger partial charge in [0.05, 0.1) is 6.54 Å². The van der Waals surface area contributed by atoms with Crippen LogP contribution in [0.2, 0.25) is 0 Å². The van der Waals surface area contributed by atoms with Crippen molar-refractivity contribution in [2.24, 2.45) is 0 Å². The van der Waals surface area contributed by atoms with Crippen LogP contribution in [0.5, 0.6) is 0 Å². The summed E-state index contributed by atoms with van der Waals surface area (Å²) in [6.07, 6.45) is -4.16. The van der Waals surface area contributed by atoms with Crippen LogP contribution in [0.1, 0.15) is 5.56 Å². The lowest BCUT2D eigenvalue weighted by Gasteiger charge is -2.09. The van der Waals surface area contributed by atoms with E-state index >= 15 is 0 Å². The maximum Gasteiger partial charge on any atom is 0.401 e. The molecule has 0 atom stereocenters. The summed E-state index contributed by atoms with van der Waals surface area (Å²) < 4.78 is 36.9. The zero-order valence-electron chi connectivity index (χ0n) is 9.39. The third-order valence-corrected chi connectivity index (χ3v) is 3.01. The molecule has 0 saturated heterocycles. The number of hydrogen-bond acceptors (Lipinski definition) is 1. The molecule has 0 aliphatic heterocycles. The lowest BCUT2D eigenvalue weighted by molar-refractivity contribution is -0.125. The second kappa shape index (κ2) is 5.28. The largest absolute Gasteiger partial charge is 0.401 e. The maximum absolute atomic E-state index is 12.0. The second-order valence-electron chi connectivity index (χ2n) is 4.04. The first-order valence-electron chi connectivity index (χ1n) is 5.40. The van der Waals surface area contributed by atoms with Gasteiger partial charge in [-0.05, 0) is 34.5 Å². The zero-order chi connectivity index (χ0) is 13.2. The molecule has 96 valence electrons. The summed E-state index contributed by atoms with van der Waals surface area (Å²) >= 11 is 3.38. The summed E-state index contributed by atoms with van der Waals surface area (Å²) in [5, 5.41) is 4.46. The number of fused-ring (bicyclic) bond motifs is 1. The van der Waals surface area contributed by atoms with Gasteiger partial charge in [-0.25, -0.2) is 0 Å². The van der Waals surface area contributed by atoms with Gasteiger partial charge in [-0.3, -0.25) is 0 Å². The van der Waals surface area contributed by atoms with Gasteiger partial charge in [0, 0.05) is 11.0 Å². The number of benzene rings is 2. The van der Waals surface area contributed by atoms with Gasteiger partial charge in [0.2, 0.25) is 0 Å². The molecule has 2 aromatic carbocycles. The van der Waals surface area contributed by atoms with E-state index in [9.17, 15) is 13.2 Å². The highest BCUT2D eigenvalue weighted by Gasteiger charge is 2.25. The Kier molecular flexibility index (Phi) is 3.92. The van der Waals surface area contributed by atoms with Crippen molar-refractivity contribution in [3.63, 3.8) is 0 Å². The molecule has 0 fully saturated rings. The number of hydrogen-bond donors (Lipinski definition) is 1. The zero-order valence-corrected chi connectivity index (χ0v) is 11.0. The Morgan fingerprint density at radius 2 is 1.67 bits per heavy atom. The Morgan fingerprint density at radius 3 is 2.39 bits per heavy atom. The summed E-state index contributed by atoms with van der Waals surface area (Å²) in [7, 11) is 0. The van der Waals surface area contributed by atoms with Crippen LogP contribution in [0, 0.1) is 0 Å². The third kappa shape index (κ3) is 3.71. The molecule has 0 heterocycles. The summed E-state index contributed by atoms with van der Waals surface area (Å²) in [5.74, 6) is 0. The Labute approximate surface area is 111 Å². The van der Waals surface area contributed by atoms with Gasteiger partial charge in [-0.1, -0.05) is 34.1 Å². The molecular formula is C13H11BrF3N. The number of nitrogens with one attached hydrogen (secondary N) is 1. The first-order chi connectivity index (χ1) is 8.44. The van der Waals surface area contributed by atoms with E-state index in [1.807, 2.05) is 36.4 Å². The van der Waals surface area contributed by atoms with Crippen LogP contribution in [0.4, 0.5) is 13.2 Å². The first kappa shape index (κ1) is 13.4. The topological polar surface area (TPSA) is 12.0 Å². The molecule has 0 bridgehead atoms. The van der Waals surface area contributed by atoms with Crippen molar-refractivity contribution in [1.29, 1.82) is 0 Å². The van der Waals surface area contributed by atoms with E-state index in [0.717, 1.165) is 20.8 Å². The van der Waals surface area contributed by atoms with Gasteiger partial charge in [-0.15, -0.1) is 0 Å². The normalized spacial score (nSPS) is 12.0. The molecular weight excluding hydrogens is 307 g/mol. The van der Waals surface area contributed by atoms with Crippen LogP contribution in [-0.2, 0) is 6.54 Å². The predicted octanol–water partition coefficient (Wildman–Crippen LogP) is 4.25. The lowest BCUT2D eigenvalue weighted by Crippen LogP contribution is -2.28. The fraction of sp³-hybridized carbons (Fsp3) is 0.231. The molecule has 0 aliphatic rings. The number of halogens is 4. The molecule has 2 aromatic rings. The summed E-state index contributed by atoms with van der Waals surface area (Å²) in [5.41, 5.74) is 0.842. The third-order valence-electron chi connectivity index (χ3n) is 2.52. The van der Waals surface area contributed by atoms with Crippen molar-refractivity contribution in [2.75, 3.05) is 6.54 Å². The average molecular weight is 318 g/mol. The van der Waals surface area contributed by atoms with Gasteiger partial charge < -0.3 is 5.32 Å². The van der Waals surface area contributed by atoms with Crippen LogP contribution < -0.4 is 5.32 Å². The predicted molar refractivity (Wildman–Crippen MR) is 69.4 cm³/mol. The molecule has 0 aliphatic carbocycles. The number of rotatable bonds is 3. The quantitative estimate of drug-likeness (QED) is 0.892. The van der Waals surface area contributed by atoms with E-state index in [0.29, 0.717) is 0 Å². The smallest absolute Gasteiger partial charge is 0.305 e. The number of alkyl halides is 3. The highest BCUT2D eigenvalue weighted by Crippen LogP contribution is 2.21. The van der Waals surface area contributed by atoms with E-state index < -0.39 is 12.7 Å². The highest BCUT2D eigenvalue weighted by molar-refractivity contribution is 9.10. The fourth-order valence-electron chi connectivity index (χ4n) is 1.72. The Hall–Kier alpha value is -1.07. The minimum atomic E-state index is -4.16. The van der Waals surface area contributed by atoms with Crippen molar-refractivity contribution in [3.8, 4) is 0 Å². The van der Waals surface area contributed by atoms with Crippen molar-refractivity contribution < 1.29 is 13.2 Å². The molecule has 0 aromatic heterocycles. The van der Waals surface area contributed by atoms with Gasteiger partial charge >= 0.3 is 6.18 Å². The molecule has 5 heteroatoms. The van der Waals surface area contributed by atoms with Crippen molar-refractivity contribution in [3.05, 3.63) is 46.4 Å². The molecule has 1 N–H and O–H groups in total. The molecule has 0 unspecified atom stereocenters. The molecule has 0 saturated carbocycles. The Balaban J connectivity index is 2.08. The summed E-state index contributed by atoms with van der Waals surface area (Å²) in [4.78, 5) is 0. The Morgan fingerprint density at radius 1 is 1.00 bits per heavy atom. The van der Waals surface area contributed by atoms with Crippen LogP contribution >= 0.6 is 15.9 Å². The van der Waals surface area contributed by atoms with E-state index in [1.54, 1.807) is 0 Å². The van der Waals surface area contributed by atoms with E-state index in [-0.39, 0.29) is 6.54 Å². The standard InChI is InChI=1S/C13H11BrF3N/c14-12-4-3-10-5-9(1-2-11(10)6-12)7-18-8-13(15,16)17/h1-6,18H,7-8H2. The molecule has 0 amide bonds. The second-order valence-corrected chi connectivity index (χ2v) is 4.96. The molecule has 0 radical (unpaired) electrons. The van der Waals surface area contributed by atoms with Crippen LogP contribution in [0.3, 0.4) is 0 Å². The maximum atomic E-state index is 12.0. The van der Waals surface area contributed by atoms with Gasteiger partial charge in [0.1, 0.15) is 0 Å². The monoisotopic (exact) mass is 317 g/mol. The highest BCUT2D eigenvalue weighted by atomic mass is 79.9. The van der Waals surface area contributed by atoms with Crippen LogP contribution in [-0.4, -0.2) is 12.7 Å². The van der Waals surface area contributed by atoms with E-state index in [2.05, 4.69) is 21.2 Å². The average Bonchev–Trinajstić information content (AvgIpc) is 2.27. The summed E-state index contributed by atoms with van der Waals surface area (Å²) in [6, 6.07) is 11.5. The molecule has 0 spiro atoms. The van der Waals surface area contributed by atoms with Crippen molar-refractivity contribution in [2.45, 2.75) is 12.7 Å². The minimum Gasteiger partial charge on any atom is -0.305 e. The lowest BCUT2D eigenvalue weighted by atomic mass is 10.1. The summed E-state index contributed by atoms with van der Waals surface area (Å²) in [6.45, 7) is -0.753. The van der Waals surface area contributed by atoms with Crippen LogP contribution in [0.25, 0.3) is 10.8 Å². The molecule has 18 heavy (non-hydrogen) atoms. The van der Waals surface area contributed by atoms with Gasteiger partial charge in [0.15, 0.2) is 0 Å². The molecule has 2 rings (SSSR count). The van der Waals surface area contributed by atoms with E-state index in [1.165, 1.54) is 0 Å². The first-order valence-corrected chi connectivity index (χ1v) is 6.19. The Bertz CT molecular complexity index is 551. The fourth-order valence-corrected chi connectivity index (χ4v) is 2.10. The molecule has 1 nitrogen and oxygen atoms in total.